The summed E-state index contributed by atoms with van der Waals surface area (Å²) in [5.41, 5.74) is 1.54. The summed E-state index contributed by atoms with van der Waals surface area (Å²) in [6.45, 7) is 2.40. The van der Waals surface area contributed by atoms with Gasteiger partial charge in [0.05, 0.1) is 22.1 Å². The monoisotopic (exact) mass is 472 g/mol. The third kappa shape index (κ3) is 3.16. The first-order valence-corrected chi connectivity index (χ1v) is 12.2. The SMILES string of the molecule is CNC(=O)[C@@H]1[C@H]2C(=O)N(CCCO)C(C(=O)NCn3nnc4ccccc43)C23S[C@@H]1CC3C. The lowest BCUT2D eigenvalue weighted by Gasteiger charge is -2.38. The zero-order valence-corrected chi connectivity index (χ0v) is 19.4. The van der Waals surface area contributed by atoms with E-state index in [4.69, 9.17) is 0 Å². The number of fused-ring (bicyclic) bond motifs is 2. The van der Waals surface area contributed by atoms with Crippen molar-refractivity contribution in [2.24, 2.45) is 17.8 Å². The average Bonchev–Trinajstić information content (AvgIpc) is 3.53. The summed E-state index contributed by atoms with van der Waals surface area (Å²) >= 11 is 1.63. The van der Waals surface area contributed by atoms with Crippen LogP contribution in [0.2, 0.25) is 0 Å². The molecule has 3 aliphatic rings. The van der Waals surface area contributed by atoms with Gasteiger partial charge in [-0.2, -0.15) is 0 Å². The van der Waals surface area contributed by atoms with Gasteiger partial charge in [-0.1, -0.05) is 24.3 Å². The number of nitrogens with one attached hydrogen (secondary N) is 2. The molecule has 3 N–H and O–H groups in total. The van der Waals surface area contributed by atoms with Crippen molar-refractivity contribution in [1.29, 1.82) is 0 Å². The Hall–Kier alpha value is -2.66. The Bertz CT molecular complexity index is 1110. The lowest BCUT2D eigenvalue weighted by molar-refractivity contribution is -0.140. The molecule has 1 spiro atoms. The van der Waals surface area contributed by atoms with Crippen molar-refractivity contribution in [3.8, 4) is 0 Å². The first-order chi connectivity index (χ1) is 15.9. The van der Waals surface area contributed by atoms with E-state index >= 15 is 0 Å². The fourth-order valence-corrected chi connectivity index (χ4v) is 8.47. The number of likely N-dealkylation sites (tertiary alicyclic amines) is 1. The van der Waals surface area contributed by atoms with E-state index in [1.807, 2.05) is 24.3 Å². The van der Waals surface area contributed by atoms with Gasteiger partial charge in [-0.25, -0.2) is 4.68 Å². The topological polar surface area (TPSA) is 129 Å². The molecule has 1 aromatic heterocycles. The molecular formula is C22H28N6O4S. The Morgan fingerprint density at radius 2 is 2.09 bits per heavy atom. The number of benzene rings is 1. The van der Waals surface area contributed by atoms with E-state index in [0.717, 1.165) is 17.5 Å². The van der Waals surface area contributed by atoms with Crippen LogP contribution in [-0.4, -0.2) is 79.0 Å². The number of aromatic nitrogens is 3. The zero-order chi connectivity index (χ0) is 23.3. The molecule has 3 fully saturated rings. The number of amides is 3. The van der Waals surface area contributed by atoms with Gasteiger partial charge in [0.2, 0.25) is 17.7 Å². The number of thioether (sulfide) groups is 1. The molecular weight excluding hydrogens is 444 g/mol. The first-order valence-electron chi connectivity index (χ1n) is 11.3. The van der Waals surface area contributed by atoms with E-state index in [9.17, 15) is 19.5 Å². The number of carbonyl (C=O) groups is 3. The average molecular weight is 473 g/mol. The van der Waals surface area contributed by atoms with E-state index in [-0.39, 0.29) is 48.7 Å². The second-order valence-corrected chi connectivity index (χ2v) is 10.6. The molecule has 33 heavy (non-hydrogen) atoms. The van der Waals surface area contributed by atoms with Crippen molar-refractivity contribution < 1.29 is 19.5 Å². The maximum Gasteiger partial charge on any atom is 0.245 e. The minimum atomic E-state index is -0.712. The summed E-state index contributed by atoms with van der Waals surface area (Å²) in [6.07, 6.45) is 1.16. The third-order valence-electron chi connectivity index (χ3n) is 7.42. The van der Waals surface area contributed by atoms with Crippen molar-refractivity contribution in [3.63, 3.8) is 0 Å². The highest BCUT2D eigenvalue weighted by molar-refractivity contribution is 8.02. The van der Waals surface area contributed by atoms with Crippen LogP contribution in [-0.2, 0) is 21.1 Å². The normalized spacial score (nSPS) is 32.4. The number of rotatable bonds is 7. The number of hydrogen-bond donors (Lipinski definition) is 3. The molecule has 176 valence electrons. The fourth-order valence-electron chi connectivity index (χ4n) is 6.05. The maximum atomic E-state index is 13.7. The fraction of sp³-hybridized carbons (Fsp3) is 0.591. The minimum Gasteiger partial charge on any atom is -0.396 e. The van der Waals surface area contributed by atoms with Crippen molar-refractivity contribution >= 4 is 40.5 Å². The molecule has 3 saturated heterocycles. The predicted octanol–water partition coefficient (Wildman–Crippen LogP) is -0.0294. The highest BCUT2D eigenvalue weighted by atomic mass is 32.2. The van der Waals surface area contributed by atoms with Crippen LogP contribution in [0.3, 0.4) is 0 Å². The Balaban J connectivity index is 1.46. The molecule has 3 amide bonds. The summed E-state index contributed by atoms with van der Waals surface area (Å²) in [6, 6.07) is 6.78. The quantitative estimate of drug-likeness (QED) is 0.516. The number of nitrogens with zero attached hydrogens (tertiary/aromatic N) is 4. The van der Waals surface area contributed by atoms with Crippen molar-refractivity contribution in [1.82, 2.24) is 30.5 Å². The molecule has 1 aromatic carbocycles. The van der Waals surface area contributed by atoms with E-state index in [2.05, 4.69) is 27.9 Å². The Morgan fingerprint density at radius 3 is 2.85 bits per heavy atom. The summed E-state index contributed by atoms with van der Waals surface area (Å²) in [5, 5.41) is 23.4. The first kappa shape index (κ1) is 22.1. The largest absolute Gasteiger partial charge is 0.396 e. The van der Waals surface area contributed by atoms with Crippen molar-refractivity contribution in [3.05, 3.63) is 24.3 Å². The van der Waals surface area contributed by atoms with Crippen LogP contribution in [0, 0.1) is 17.8 Å². The highest BCUT2D eigenvalue weighted by Crippen LogP contribution is 2.68. The zero-order valence-electron chi connectivity index (χ0n) is 18.6. The van der Waals surface area contributed by atoms with Gasteiger partial charge < -0.3 is 20.6 Å². The molecule has 11 heteroatoms. The van der Waals surface area contributed by atoms with Crippen molar-refractivity contribution in [2.75, 3.05) is 20.2 Å². The lowest BCUT2D eigenvalue weighted by atomic mass is 9.66. The van der Waals surface area contributed by atoms with Gasteiger partial charge in [0.25, 0.3) is 0 Å². The molecule has 0 aliphatic carbocycles. The third-order valence-corrected chi connectivity index (χ3v) is 9.50. The van der Waals surface area contributed by atoms with Gasteiger partial charge in [0, 0.05) is 25.4 Å². The second-order valence-electron chi connectivity index (χ2n) is 9.05. The molecule has 0 radical (unpaired) electrons. The van der Waals surface area contributed by atoms with E-state index < -0.39 is 22.6 Å². The number of para-hydroxylation sites is 1. The number of carbonyl (C=O) groups excluding carboxylic acids is 3. The maximum absolute atomic E-state index is 13.7. The molecule has 4 heterocycles. The number of aliphatic hydroxyl groups is 1. The predicted molar refractivity (Wildman–Crippen MR) is 122 cm³/mol. The summed E-state index contributed by atoms with van der Waals surface area (Å²) < 4.78 is 0.954. The minimum absolute atomic E-state index is 0.0171. The number of hydrogen-bond acceptors (Lipinski definition) is 7. The highest BCUT2D eigenvalue weighted by Gasteiger charge is 2.75. The van der Waals surface area contributed by atoms with Gasteiger partial charge in [0.1, 0.15) is 18.2 Å². The Kier molecular flexibility index (Phi) is 5.56. The van der Waals surface area contributed by atoms with Crippen LogP contribution in [0.15, 0.2) is 24.3 Å². The lowest BCUT2D eigenvalue weighted by Crippen LogP contribution is -2.56. The molecule has 2 bridgehead atoms. The van der Waals surface area contributed by atoms with Crippen LogP contribution in [0.25, 0.3) is 11.0 Å². The van der Waals surface area contributed by atoms with E-state index in [1.54, 1.807) is 28.4 Å². The Labute approximate surface area is 195 Å². The second kappa shape index (κ2) is 8.28. The summed E-state index contributed by atoms with van der Waals surface area (Å²) in [4.78, 5) is 41.6. The van der Waals surface area contributed by atoms with Gasteiger partial charge in [-0.3, -0.25) is 14.4 Å². The molecule has 2 aromatic rings. The molecule has 10 nitrogen and oxygen atoms in total. The Morgan fingerprint density at radius 1 is 1.30 bits per heavy atom. The van der Waals surface area contributed by atoms with E-state index in [1.165, 1.54) is 0 Å². The van der Waals surface area contributed by atoms with Crippen LogP contribution in [0.5, 0.6) is 0 Å². The molecule has 3 unspecified atom stereocenters. The van der Waals surface area contributed by atoms with Gasteiger partial charge >= 0.3 is 0 Å². The number of aliphatic hydroxyl groups excluding tert-OH is 1. The van der Waals surface area contributed by atoms with Gasteiger partial charge in [-0.15, -0.1) is 16.9 Å². The molecule has 6 atom stereocenters. The van der Waals surface area contributed by atoms with Crippen molar-refractivity contribution in [2.45, 2.75) is 42.5 Å². The van der Waals surface area contributed by atoms with Crippen LogP contribution in [0.1, 0.15) is 19.8 Å². The standard InChI is InChI=1S/C22H28N6O4S/c1-12-10-15-16(19(30)23-2)17-21(32)27(8-5-9-29)18(22(12,17)33-15)20(31)24-11-28-14-7-4-3-6-13(14)25-26-28/h3-4,6-7,12,15-18,29H,5,8-11H2,1-2H3,(H,23,30)(H,24,31)/t12?,15-,16+,17+,18?,22?/m1/s1. The summed E-state index contributed by atoms with van der Waals surface area (Å²) in [7, 11) is 1.59. The van der Waals surface area contributed by atoms with Crippen LogP contribution < -0.4 is 10.6 Å². The molecule has 5 rings (SSSR count). The van der Waals surface area contributed by atoms with Crippen LogP contribution in [0.4, 0.5) is 0 Å². The van der Waals surface area contributed by atoms with Gasteiger partial charge in [-0.05, 0) is 30.9 Å². The van der Waals surface area contributed by atoms with E-state index in [0.29, 0.717) is 6.42 Å². The summed E-state index contributed by atoms with van der Waals surface area (Å²) in [5.74, 6) is -1.46. The molecule has 3 aliphatic heterocycles. The van der Waals surface area contributed by atoms with Crippen LogP contribution >= 0.6 is 11.8 Å². The smallest absolute Gasteiger partial charge is 0.245 e. The van der Waals surface area contributed by atoms with Gasteiger partial charge in [0.15, 0.2) is 0 Å². The molecule has 0 saturated carbocycles.